The summed E-state index contributed by atoms with van der Waals surface area (Å²) in [6, 6.07) is 21.9. The van der Waals surface area contributed by atoms with Crippen LogP contribution in [0, 0.1) is 0 Å². The lowest BCUT2D eigenvalue weighted by Gasteiger charge is -2.11. The molecule has 0 radical (unpaired) electrons. The lowest BCUT2D eigenvalue weighted by Crippen LogP contribution is -2.08. The molecule has 26 heavy (non-hydrogen) atoms. The van der Waals surface area contributed by atoms with Gasteiger partial charge in [-0.2, -0.15) is 0 Å². The fourth-order valence-electron chi connectivity index (χ4n) is 2.35. The average Bonchev–Trinajstić information content (AvgIpc) is 2.68. The maximum atomic E-state index is 12.4. The molecule has 0 aliphatic carbocycles. The molecule has 3 aromatic carbocycles. The average molecular weight is 387 g/mol. The van der Waals surface area contributed by atoms with Crippen LogP contribution in [0.5, 0.6) is 5.75 Å². The highest BCUT2D eigenvalue weighted by atomic mass is 35.5. The summed E-state index contributed by atoms with van der Waals surface area (Å²) in [5, 5.41) is 0.883. The number of para-hydroxylation sites is 1. The summed E-state index contributed by atoms with van der Waals surface area (Å²) in [7, 11) is 0. The minimum Gasteiger partial charge on any atom is -0.488 e. The molecule has 0 aliphatic rings. The van der Waals surface area contributed by atoms with Crippen LogP contribution in [0.25, 0.3) is 0 Å². The number of halogens is 2. The molecule has 0 bridgehead atoms. The highest BCUT2D eigenvalue weighted by Crippen LogP contribution is 2.24. The molecule has 0 saturated carbocycles. The number of rotatable bonds is 6. The van der Waals surface area contributed by atoms with E-state index in [9.17, 15) is 4.79 Å². The predicted octanol–water partition coefficient (Wildman–Crippen LogP) is 5.93. The Morgan fingerprint density at radius 3 is 2.27 bits per heavy atom. The number of esters is 1. The molecule has 0 fully saturated rings. The van der Waals surface area contributed by atoms with Gasteiger partial charge in [-0.15, -0.1) is 0 Å². The van der Waals surface area contributed by atoms with E-state index in [4.69, 9.17) is 32.7 Å². The van der Waals surface area contributed by atoms with Crippen molar-refractivity contribution in [2.45, 2.75) is 13.2 Å². The van der Waals surface area contributed by atoms with E-state index < -0.39 is 5.97 Å². The first kappa shape index (κ1) is 18.3. The number of hydrogen-bond donors (Lipinski definition) is 0. The van der Waals surface area contributed by atoms with E-state index in [1.54, 1.807) is 36.4 Å². The third kappa shape index (κ3) is 4.78. The Morgan fingerprint density at radius 1 is 0.769 bits per heavy atom. The number of ether oxygens (including phenoxy) is 2. The number of carbonyl (C=O) groups excluding carboxylic acids is 1. The highest BCUT2D eigenvalue weighted by molar-refractivity contribution is 6.42. The zero-order valence-corrected chi connectivity index (χ0v) is 15.3. The Labute approximate surface area is 162 Å². The molecule has 0 N–H and O–H groups in total. The van der Waals surface area contributed by atoms with Crippen molar-refractivity contribution in [2.24, 2.45) is 0 Å². The second kappa shape index (κ2) is 8.75. The number of hydrogen-bond acceptors (Lipinski definition) is 3. The molecule has 0 saturated heterocycles. The number of benzene rings is 3. The summed E-state index contributed by atoms with van der Waals surface area (Å²) in [6.45, 7) is 0.473. The van der Waals surface area contributed by atoms with E-state index in [-0.39, 0.29) is 6.61 Å². The summed E-state index contributed by atoms with van der Waals surface area (Å²) >= 11 is 11.9. The van der Waals surface area contributed by atoms with Gasteiger partial charge in [-0.3, -0.25) is 0 Å². The second-order valence-corrected chi connectivity index (χ2v) is 6.41. The first-order valence-corrected chi connectivity index (χ1v) is 8.76. The standard InChI is InChI=1S/C21H16Cl2O3/c22-18-11-10-16(12-19(18)23)14-26-21(24)17-8-4-5-9-20(17)25-13-15-6-2-1-3-7-15/h1-12H,13-14H2. The SMILES string of the molecule is O=C(OCc1ccc(Cl)c(Cl)c1)c1ccccc1OCc1ccccc1. The normalized spacial score (nSPS) is 10.4. The van der Waals surface area contributed by atoms with Gasteiger partial charge in [0.1, 0.15) is 24.5 Å². The fraction of sp³-hybridized carbons (Fsp3) is 0.0952. The van der Waals surface area contributed by atoms with Crippen molar-refractivity contribution in [3.05, 3.63) is 99.5 Å². The Bertz CT molecular complexity index is 895. The second-order valence-electron chi connectivity index (χ2n) is 5.60. The maximum Gasteiger partial charge on any atom is 0.342 e. The van der Waals surface area contributed by atoms with Crippen molar-refractivity contribution < 1.29 is 14.3 Å². The smallest absolute Gasteiger partial charge is 0.342 e. The summed E-state index contributed by atoms with van der Waals surface area (Å²) in [6.07, 6.45) is 0. The van der Waals surface area contributed by atoms with Crippen LogP contribution in [0.3, 0.4) is 0 Å². The van der Waals surface area contributed by atoms with Crippen molar-refractivity contribution >= 4 is 29.2 Å². The Morgan fingerprint density at radius 2 is 1.50 bits per heavy atom. The largest absolute Gasteiger partial charge is 0.488 e. The van der Waals surface area contributed by atoms with Gasteiger partial charge in [-0.25, -0.2) is 4.79 Å². The van der Waals surface area contributed by atoms with Gasteiger partial charge >= 0.3 is 5.97 Å². The first-order chi connectivity index (χ1) is 12.6. The van der Waals surface area contributed by atoms with Crippen LogP contribution >= 0.6 is 23.2 Å². The molecular formula is C21H16Cl2O3. The third-order valence-corrected chi connectivity index (χ3v) is 4.44. The van der Waals surface area contributed by atoms with Crippen LogP contribution in [0.15, 0.2) is 72.8 Å². The molecule has 3 rings (SSSR count). The van der Waals surface area contributed by atoms with Crippen molar-refractivity contribution in [1.29, 1.82) is 0 Å². The zero-order valence-electron chi connectivity index (χ0n) is 13.8. The highest BCUT2D eigenvalue weighted by Gasteiger charge is 2.14. The van der Waals surface area contributed by atoms with Gasteiger partial charge in [0.25, 0.3) is 0 Å². The van der Waals surface area contributed by atoms with Gasteiger partial charge in [0, 0.05) is 0 Å². The van der Waals surface area contributed by atoms with Gasteiger partial charge < -0.3 is 9.47 Å². The van der Waals surface area contributed by atoms with E-state index in [1.165, 1.54) is 0 Å². The molecule has 0 spiro atoms. The molecule has 0 amide bonds. The molecule has 0 unspecified atom stereocenters. The quantitative estimate of drug-likeness (QED) is 0.492. The van der Waals surface area contributed by atoms with Gasteiger partial charge in [0.15, 0.2) is 0 Å². The zero-order chi connectivity index (χ0) is 18.4. The predicted molar refractivity (Wildman–Crippen MR) is 103 cm³/mol. The fourth-order valence-corrected chi connectivity index (χ4v) is 2.67. The van der Waals surface area contributed by atoms with Crippen LogP contribution < -0.4 is 4.74 Å². The first-order valence-electron chi connectivity index (χ1n) is 8.00. The van der Waals surface area contributed by atoms with E-state index in [2.05, 4.69) is 0 Å². The van der Waals surface area contributed by atoms with Crippen LogP contribution in [0.1, 0.15) is 21.5 Å². The lowest BCUT2D eigenvalue weighted by atomic mass is 10.2. The van der Waals surface area contributed by atoms with Gasteiger partial charge in [0.2, 0.25) is 0 Å². The van der Waals surface area contributed by atoms with Crippen molar-refractivity contribution in [3.8, 4) is 5.75 Å². The minimum absolute atomic E-state index is 0.0999. The molecule has 3 nitrogen and oxygen atoms in total. The Balaban J connectivity index is 1.66. The molecule has 0 heterocycles. The van der Waals surface area contributed by atoms with Crippen LogP contribution in [-0.4, -0.2) is 5.97 Å². The van der Waals surface area contributed by atoms with Crippen LogP contribution in [0.2, 0.25) is 10.0 Å². The van der Waals surface area contributed by atoms with E-state index >= 15 is 0 Å². The molecule has 0 aromatic heterocycles. The van der Waals surface area contributed by atoms with E-state index in [0.29, 0.717) is 28.0 Å². The summed E-state index contributed by atoms with van der Waals surface area (Å²) in [5.74, 6) is 0.0234. The maximum absolute atomic E-state index is 12.4. The van der Waals surface area contributed by atoms with Gasteiger partial charge in [-0.1, -0.05) is 71.7 Å². The van der Waals surface area contributed by atoms with Crippen molar-refractivity contribution in [2.75, 3.05) is 0 Å². The molecular weight excluding hydrogens is 371 g/mol. The van der Waals surface area contributed by atoms with E-state index in [1.807, 2.05) is 36.4 Å². The third-order valence-electron chi connectivity index (χ3n) is 3.70. The Hall–Kier alpha value is -2.49. The molecule has 5 heteroatoms. The van der Waals surface area contributed by atoms with Crippen LogP contribution in [0.4, 0.5) is 0 Å². The molecule has 3 aromatic rings. The topological polar surface area (TPSA) is 35.5 Å². The lowest BCUT2D eigenvalue weighted by molar-refractivity contribution is 0.0467. The summed E-state index contributed by atoms with van der Waals surface area (Å²) in [4.78, 5) is 12.4. The summed E-state index contributed by atoms with van der Waals surface area (Å²) in [5.41, 5.74) is 2.16. The van der Waals surface area contributed by atoms with Gasteiger partial charge in [-0.05, 0) is 35.4 Å². The summed E-state index contributed by atoms with van der Waals surface area (Å²) < 4.78 is 11.2. The van der Waals surface area contributed by atoms with E-state index in [0.717, 1.165) is 11.1 Å². The van der Waals surface area contributed by atoms with Crippen LogP contribution in [-0.2, 0) is 18.0 Å². The molecule has 0 aliphatic heterocycles. The molecule has 0 atom stereocenters. The van der Waals surface area contributed by atoms with Crippen molar-refractivity contribution in [1.82, 2.24) is 0 Å². The van der Waals surface area contributed by atoms with Crippen molar-refractivity contribution in [3.63, 3.8) is 0 Å². The number of carbonyl (C=O) groups is 1. The Kier molecular flexibility index (Phi) is 6.16. The monoisotopic (exact) mass is 386 g/mol. The van der Waals surface area contributed by atoms with Gasteiger partial charge in [0.05, 0.1) is 10.0 Å². The molecule has 132 valence electrons. The minimum atomic E-state index is -0.459.